The Bertz CT molecular complexity index is 124. The van der Waals surface area contributed by atoms with E-state index in [4.69, 9.17) is 9.84 Å². The quantitative estimate of drug-likeness (QED) is 0.567. The molecule has 1 N–H and O–H groups in total. The third-order valence-electron chi connectivity index (χ3n) is 2.78. The molecule has 0 fully saturated rings. The predicted molar refractivity (Wildman–Crippen MR) is 65.0 cm³/mol. The summed E-state index contributed by atoms with van der Waals surface area (Å²) in [7, 11) is 0. The topological polar surface area (TPSA) is 29.5 Å². The van der Waals surface area contributed by atoms with Gasteiger partial charge in [0.1, 0.15) is 0 Å². The van der Waals surface area contributed by atoms with Gasteiger partial charge in [-0.15, -0.1) is 0 Å². The van der Waals surface area contributed by atoms with E-state index in [1.54, 1.807) is 0 Å². The average molecular weight is 216 g/mol. The van der Waals surface area contributed by atoms with Crippen LogP contribution in [-0.2, 0) is 4.74 Å². The van der Waals surface area contributed by atoms with Crippen LogP contribution in [0.2, 0.25) is 0 Å². The Kier molecular flexibility index (Phi) is 10.4. The van der Waals surface area contributed by atoms with Crippen molar-refractivity contribution in [3.63, 3.8) is 0 Å². The van der Waals surface area contributed by atoms with Gasteiger partial charge in [0, 0.05) is 13.2 Å². The summed E-state index contributed by atoms with van der Waals surface area (Å²) >= 11 is 0. The average Bonchev–Trinajstić information content (AvgIpc) is 2.21. The molecular formula is C13H28O2. The van der Waals surface area contributed by atoms with Crippen molar-refractivity contribution >= 4 is 0 Å². The number of hydrogen-bond donors (Lipinski definition) is 1. The van der Waals surface area contributed by atoms with Crippen LogP contribution in [-0.4, -0.2) is 24.4 Å². The second-order valence-corrected chi connectivity index (χ2v) is 4.55. The Morgan fingerprint density at radius 1 is 1.00 bits per heavy atom. The van der Waals surface area contributed by atoms with Gasteiger partial charge in [0.2, 0.25) is 0 Å². The zero-order valence-electron chi connectivity index (χ0n) is 10.7. The van der Waals surface area contributed by atoms with Crippen LogP contribution in [0.25, 0.3) is 0 Å². The molecule has 1 atom stereocenters. The van der Waals surface area contributed by atoms with E-state index in [1.165, 1.54) is 12.8 Å². The highest BCUT2D eigenvalue weighted by Gasteiger charge is 2.10. The molecule has 15 heavy (non-hydrogen) atoms. The molecular weight excluding hydrogens is 188 g/mol. The molecule has 2 heteroatoms. The Morgan fingerprint density at radius 3 is 2.13 bits per heavy atom. The molecule has 0 aliphatic heterocycles. The van der Waals surface area contributed by atoms with Gasteiger partial charge in [-0.3, -0.25) is 0 Å². The number of rotatable bonds is 10. The highest BCUT2D eigenvalue weighted by Crippen LogP contribution is 2.11. The lowest BCUT2D eigenvalue weighted by Gasteiger charge is -2.19. The monoisotopic (exact) mass is 216 g/mol. The van der Waals surface area contributed by atoms with Crippen molar-refractivity contribution in [2.45, 2.75) is 65.4 Å². The third kappa shape index (κ3) is 8.88. The summed E-state index contributed by atoms with van der Waals surface area (Å²) in [6.45, 7) is 7.86. The van der Waals surface area contributed by atoms with Gasteiger partial charge in [0.15, 0.2) is 0 Å². The fraction of sp³-hybridized carbons (Fsp3) is 1.00. The first kappa shape index (κ1) is 14.9. The molecule has 0 bridgehead atoms. The van der Waals surface area contributed by atoms with Crippen molar-refractivity contribution in [1.29, 1.82) is 0 Å². The highest BCUT2D eigenvalue weighted by atomic mass is 16.5. The summed E-state index contributed by atoms with van der Waals surface area (Å²) in [4.78, 5) is 0. The van der Waals surface area contributed by atoms with Gasteiger partial charge in [-0.2, -0.15) is 0 Å². The van der Waals surface area contributed by atoms with E-state index < -0.39 is 0 Å². The minimum absolute atomic E-state index is 0.335. The molecule has 1 unspecified atom stereocenters. The largest absolute Gasteiger partial charge is 0.396 e. The van der Waals surface area contributed by atoms with Gasteiger partial charge >= 0.3 is 0 Å². The van der Waals surface area contributed by atoms with Crippen molar-refractivity contribution in [2.24, 2.45) is 5.92 Å². The molecule has 0 aliphatic rings. The van der Waals surface area contributed by atoms with Gasteiger partial charge in [0.25, 0.3) is 0 Å². The van der Waals surface area contributed by atoms with Crippen molar-refractivity contribution in [3.05, 3.63) is 0 Å². The van der Waals surface area contributed by atoms with Crippen molar-refractivity contribution in [3.8, 4) is 0 Å². The van der Waals surface area contributed by atoms with Crippen LogP contribution in [0.1, 0.15) is 59.3 Å². The number of ether oxygens (including phenoxy) is 1. The summed E-state index contributed by atoms with van der Waals surface area (Å²) in [5, 5.41) is 8.61. The second kappa shape index (κ2) is 10.4. The molecule has 0 aromatic rings. The van der Waals surface area contributed by atoms with Crippen molar-refractivity contribution in [2.75, 3.05) is 13.2 Å². The smallest absolute Gasteiger partial charge is 0.0595 e. The van der Waals surface area contributed by atoms with Gasteiger partial charge in [-0.1, -0.05) is 40.0 Å². The minimum Gasteiger partial charge on any atom is -0.396 e. The third-order valence-corrected chi connectivity index (χ3v) is 2.78. The van der Waals surface area contributed by atoms with E-state index in [0.717, 1.165) is 32.3 Å². The Hall–Kier alpha value is -0.0800. The minimum atomic E-state index is 0.335. The van der Waals surface area contributed by atoms with Crippen LogP contribution >= 0.6 is 0 Å². The molecule has 0 saturated heterocycles. The molecule has 0 heterocycles. The molecule has 0 aromatic heterocycles. The fourth-order valence-corrected chi connectivity index (χ4v) is 1.76. The van der Waals surface area contributed by atoms with E-state index in [0.29, 0.717) is 18.6 Å². The van der Waals surface area contributed by atoms with Crippen LogP contribution < -0.4 is 0 Å². The van der Waals surface area contributed by atoms with Gasteiger partial charge in [-0.25, -0.2) is 0 Å². The van der Waals surface area contributed by atoms with Crippen molar-refractivity contribution in [1.82, 2.24) is 0 Å². The summed E-state index contributed by atoms with van der Waals surface area (Å²) in [6, 6.07) is 0. The van der Waals surface area contributed by atoms with E-state index >= 15 is 0 Å². The maximum Gasteiger partial charge on any atom is 0.0595 e. The lowest BCUT2D eigenvalue weighted by atomic mass is 10.1. The Morgan fingerprint density at radius 2 is 1.60 bits per heavy atom. The maximum atomic E-state index is 8.61. The maximum absolute atomic E-state index is 8.61. The van der Waals surface area contributed by atoms with Crippen LogP contribution in [0.15, 0.2) is 0 Å². The fourth-order valence-electron chi connectivity index (χ4n) is 1.76. The van der Waals surface area contributed by atoms with E-state index in [1.807, 2.05) is 0 Å². The molecule has 0 rings (SSSR count). The van der Waals surface area contributed by atoms with Crippen LogP contribution in [0.3, 0.4) is 0 Å². The molecule has 0 aliphatic carbocycles. The first-order valence-corrected chi connectivity index (χ1v) is 6.44. The summed E-state index contributed by atoms with van der Waals surface area (Å²) in [5.41, 5.74) is 0. The van der Waals surface area contributed by atoms with Crippen LogP contribution in [0.5, 0.6) is 0 Å². The van der Waals surface area contributed by atoms with E-state index in [2.05, 4.69) is 20.8 Å². The van der Waals surface area contributed by atoms with E-state index in [9.17, 15) is 0 Å². The van der Waals surface area contributed by atoms with Gasteiger partial charge < -0.3 is 9.84 Å². The number of hydrogen-bond acceptors (Lipinski definition) is 2. The molecule has 0 aromatic carbocycles. The zero-order valence-corrected chi connectivity index (χ0v) is 10.7. The molecule has 0 spiro atoms. The predicted octanol–water partition coefficient (Wildman–Crippen LogP) is 3.38. The van der Waals surface area contributed by atoms with Crippen LogP contribution in [0.4, 0.5) is 0 Å². The normalized spacial score (nSPS) is 13.4. The van der Waals surface area contributed by atoms with E-state index in [-0.39, 0.29) is 0 Å². The molecule has 0 saturated carbocycles. The number of unbranched alkanes of at least 4 members (excludes halogenated alkanes) is 4. The summed E-state index contributed by atoms with van der Waals surface area (Å²) < 4.78 is 5.81. The molecule has 0 amide bonds. The summed E-state index contributed by atoms with van der Waals surface area (Å²) in [6.07, 6.45) is 7.26. The van der Waals surface area contributed by atoms with Crippen LogP contribution in [0, 0.1) is 5.92 Å². The lowest BCUT2D eigenvalue weighted by molar-refractivity contribution is 0.0179. The molecule has 2 nitrogen and oxygen atoms in total. The number of aliphatic hydroxyl groups is 1. The van der Waals surface area contributed by atoms with Gasteiger partial charge in [-0.05, 0) is 25.2 Å². The highest BCUT2D eigenvalue weighted by molar-refractivity contribution is 4.59. The first-order chi connectivity index (χ1) is 7.22. The lowest BCUT2D eigenvalue weighted by Crippen LogP contribution is -2.19. The standard InChI is InChI=1S/C13H28O2/c1-4-13(12(2)3)15-11-9-7-5-6-8-10-14/h12-14H,4-11H2,1-3H3. The summed E-state index contributed by atoms with van der Waals surface area (Å²) in [5.74, 6) is 0.629. The molecule has 0 radical (unpaired) electrons. The SMILES string of the molecule is CCC(OCCCCCCCO)C(C)C. The second-order valence-electron chi connectivity index (χ2n) is 4.55. The van der Waals surface area contributed by atoms with Crippen molar-refractivity contribution < 1.29 is 9.84 Å². The Labute approximate surface area is 95.0 Å². The zero-order chi connectivity index (χ0) is 11.5. The molecule has 92 valence electrons. The van der Waals surface area contributed by atoms with Gasteiger partial charge in [0.05, 0.1) is 6.10 Å². The Balaban J connectivity index is 3.22. The first-order valence-electron chi connectivity index (χ1n) is 6.44. The number of aliphatic hydroxyl groups excluding tert-OH is 1.